The van der Waals surface area contributed by atoms with Gasteiger partial charge >= 0.3 is 0 Å². The summed E-state index contributed by atoms with van der Waals surface area (Å²) in [6, 6.07) is 16.6. The second kappa shape index (κ2) is 8.74. The van der Waals surface area contributed by atoms with E-state index in [0.717, 1.165) is 31.0 Å². The Labute approximate surface area is 145 Å². The van der Waals surface area contributed by atoms with Crippen LogP contribution in [0.3, 0.4) is 0 Å². The van der Waals surface area contributed by atoms with Gasteiger partial charge in [-0.2, -0.15) is 0 Å². The van der Waals surface area contributed by atoms with Crippen molar-refractivity contribution in [2.75, 3.05) is 19.7 Å². The largest absolute Gasteiger partial charge is 0.490 e. The zero-order chi connectivity index (χ0) is 16.6. The van der Waals surface area contributed by atoms with Gasteiger partial charge in [0, 0.05) is 0 Å². The first kappa shape index (κ1) is 16.8. The standard InChI is InChI=1S/C21H27NO2/c1-2-23-20-12-6-11-19(14-18-10-7-13-22-15-18)21(20)24-16-17-8-4-3-5-9-17/h3-6,8-9,11-12,18,22H,2,7,10,13-16H2,1H3. The van der Waals surface area contributed by atoms with E-state index >= 15 is 0 Å². The molecule has 1 unspecified atom stereocenters. The average molecular weight is 325 g/mol. The highest BCUT2D eigenvalue weighted by Crippen LogP contribution is 2.34. The van der Waals surface area contributed by atoms with Crippen molar-refractivity contribution in [2.24, 2.45) is 5.92 Å². The maximum atomic E-state index is 6.20. The lowest BCUT2D eigenvalue weighted by molar-refractivity contribution is 0.264. The van der Waals surface area contributed by atoms with E-state index in [9.17, 15) is 0 Å². The third-order valence-electron chi connectivity index (χ3n) is 4.49. The fourth-order valence-corrected chi connectivity index (χ4v) is 3.29. The predicted octanol–water partition coefficient (Wildman–Crippen LogP) is 4.21. The summed E-state index contributed by atoms with van der Waals surface area (Å²) >= 11 is 0. The van der Waals surface area contributed by atoms with E-state index in [2.05, 4.69) is 29.6 Å². The first-order chi connectivity index (χ1) is 11.9. The first-order valence-corrected chi connectivity index (χ1v) is 8.99. The predicted molar refractivity (Wildman–Crippen MR) is 97.7 cm³/mol. The molecule has 1 aliphatic rings. The van der Waals surface area contributed by atoms with Gasteiger partial charge in [-0.1, -0.05) is 42.5 Å². The summed E-state index contributed by atoms with van der Waals surface area (Å²) in [4.78, 5) is 0. The highest BCUT2D eigenvalue weighted by Gasteiger charge is 2.18. The van der Waals surface area contributed by atoms with E-state index in [1.54, 1.807) is 0 Å². The maximum absolute atomic E-state index is 6.20. The topological polar surface area (TPSA) is 30.5 Å². The third-order valence-corrected chi connectivity index (χ3v) is 4.49. The van der Waals surface area contributed by atoms with Gasteiger partial charge in [-0.3, -0.25) is 0 Å². The second-order valence-corrected chi connectivity index (χ2v) is 6.37. The maximum Gasteiger partial charge on any atom is 0.164 e. The summed E-state index contributed by atoms with van der Waals surface area (Å²) < 4.78 is 12.0. The van der Waals surface area contributed by atoms with E-state index in [0.29, 0.717) is 19.1 Å². The van der Waals surface area contributed by atoms with Crippen molar-refractivity contribution >= 4 is 0 Å². The molecule has 3 nitrogen and oxygen atoms in total. The lowest BCUT2D eigenvalue weighted by atomic mass is 9.92. The smallest absolute Gasteiger partial charge is 0.164 e. The van der Waals surface area contributed by atoms with Crippen molar-refractivity contribution in [1.82, 2.24) is 5.32 Å². The molecule has 1 atom stereocenters. The molecule has 1 saturated heterocycles. The number of para-hydroxylation sites is 1. The highest BCUT2D eigenvalue weighted by molar-refractivity contribution is 5.47. The minimum absolute atomic E-state index is 0.570. The molecule has 2 aromatic rings. The van der Waals surface area contributed by atoms with E-state index < -0.39 is 0 Å². The van der Waals surface area contributed by atoms with Crippen LogP contribution in [0.4, 0.5) is 0 Å². The van der Waals surface area contributed by atoms with Crippen molar-refractivity contribution in [3.63, 3.8) is 0 Å². The molecule has 0 aliphatic carbocycles. The van der Waals surface area contributed by atoms with Gasteiger partial charge in [0.2, 0.25) is 0 Å². The molecule has 0 spiro atoms. The van der Waals surface area contributed by atoms with Crippen molar-refractivity contribution in [1.29, 1.82) is 0 Å². The molecule has 1 aliphatic heterocycles. The SMILES string of the molecule is CCOc1cccc(CC2CCCNC2)c1OCc1ccccc1. The first-order valence-electron chi connectivity index (χ1n) is 8.99. The number of rotatable bonds is 7. The van der Waals surface area contributed by atoms with E-state index in [1.165, 1.54) is 24.0 Å². The van der Waals surface area contributed by atoms with Crippen molar-refractivity contribution < 1.29 is 9.47 Å². The Morgan fingerprint density at radius 1 is 1.04 bits per heavy atom. The van der Waals surface area contributed by atoms with E-state index in [4.69, 9.17) is 9.47 Å². The van der Waals surface area contributed by atoms with Crippen LogP contribution in [0.2, 0.25) is 0 Å². The van der Waals surface area contributed by atoms with Crippen LogP contribution in [0.25, 0.3) is 0 Å². The summed E-state index contributed by atoms with van der Waals surface area (Å²) in [6.07, 6.45) is 3.58. The zero-order valence-electron chi connectivity index (χ0n) is 14.5. The van der Waals surface area contributed by atoms with Gasteiger partial charge in [0.05, 0.1) is 6.61 Å². The quantitative estimate of drug-likeness (QED) is 0.827. The average Bonchev–Trinajstić information content (AvgIpc) is 2.63. The normalized spacial score (nSPS) is 17.5. The minimum Gasteiger partial charge on any atom is -0.490 e. The number of hydrogen-bond acceptors (Lipinski definition) is 3. The monoisotopic (exact) mass is 325 g/mol. The van der Waals surface area contributed by atoms with Gasteiger partial charge in [0.1, 0.15) is 6.61 Å². The molecule has 0 saturated carbocycles. The highest BCUT2D eigenvalue weighted by atomic mass is 16.5. The van der Waals surface area contributed by atoms with Crippen molar-refractivity contribution in [2.45, 2.75) is 32.8 Å². The zero-order valence-corrected chi connectivity index (χ0v) is 14.5. The Balaban J connectivity index is 1.77. The summed E-state index contributed by atoms with van der Waals surface area (Å²) in [7, 11) is 0. The molecule has 0 aromatic heterocycles. The third kappa shape index (κ3) is 4.51. The second-order valence-electron chi connectivity index (χ2n) is 6.37. The number of piperidine rings is 1. The van der Waals surface area contributed by atoms with Gasteiger partial charge in [0.15, 0.2) is 11.5 Å². The summed E-state index contributed by atoms with van der Waals surface area (Å²) in [5, 5.41) is 3.50. The van der Waals surface area contributed by atoms with Crippen LogP contribution in [0, 0.1) is 5.92 Å². The molecule has 3 rings (SSSR count). The fraction of sp³-hybridized carbons (Fsp3) is 0.429. The van der Waals surface area contributed by atoms with Crippen LogP contribution in [-0.2, 0) is 13.0 Å². The van der Waals surface area contributed by atoms with Gasteiger partial charge in [-0.25, -0.2) is 0 Å². The Hall–Kier alpha value is -2.00. The number of nitrogens with one attached hydrogen (secondary N) is 1. The molecule has 128 valence electrons. The van der Waals surface area contributed by atoms with E-state index in [1.807, 2.05) is 31.2 Å². The number of hydrogen-bond donors (Lipinski definition) is 1. The minimum atomic E-state index is 0.570. The Bertz CT molecular complexity index is 621. The number of ether oxygens (including phenoxy) is 2. The Morgan fingerprint density at radius 3 is 2.67 bits per heavy atom. The molecule has 0 radical (unpaired) electrons. The Kier molecular flexibility index (Phi) is 6.13. The van der Waals surface area contributed by atoms with Gasteiger partial charge < -0.3 is 14.8 Å². The van der Waals surface area contributed by atoms with Gasteiger partial charge in [-0.05, 0) is 62.4 Å². The fourth-order valence-electron chi connectivity index (χ4n) is 3.29. The molecule has 1 N–H and O–H groups in total. The van der Waals surface area contributed by atoms with Crippen LogP contribution in [-0.4, -0.2) is 19.7 Å². The van der Waals surface area contributed by atoms with Crippen LogP contribution in [0.5, 0.6) is 11.5 Å². The Morgan fingerprint density at radius 2 is 1.92 bits per heavy atom. The summed E-state index contributed by atoms with van der Waals surface area (Å²) in [5.41, 5.74) is 2.43. The summed E-state index contributed by atoms with van der Waals surface area (Å²) in [6.45, 7) is 5.47. The van der Waals surface area contributed by atoms with Crippen LogP contribution in [0.15, 0.2) is 48.5 Å². The van der Waals surface area contributed by atoms with E-state index in [-0.39, 0.29) is 0 Å². The van der Waals surface area contributed by atoms with Crippen LogP contribution < -0.4 is 14.8 Å². The van der Waals surface area contributed by atoms with Gasteiger partial charge in [0.25, 0.3) is 0 Å². The van der Waals surface area contributed by atoms with Gasteiger partial charge in [-0.15, -0.1) is 0 Å². The molecule has 0 bridgehead atoms. The molecule has 0 amide bonds. The number of benzene rings is 2. The molecule has 1 heterocycles. The molecule has 3 heteroatoms. The van der Waals surface area contributed by atoms with Crippen molar-refractivity contribution in [3.05, 3.63) is 59.7 Å². The molecule has 1 fully saturated rings. The summed E-state index contributed by atoms with van der Waals surface area (Å²) in [5.74, 6) is 2.44. The molecular formula is C21H27NO2. The van der Waals surface area contributed by atoms with Crippen LogP contribution in [0.1, 0.15) is 30.9 Å². The lowest BCUT2D eigenvalue weighted by Gasteiger charge is -2.24. The molecule has 24 heavy (non-hydrogen) atoms. The van der Waals surface area contributed by atoms with Crippen LogP contribution >= 0.6 is 0 Å². The molecular weight excluding hydrogens is 298 g/mol. The van der Waals surface area contributed by atoms with Crippen molar-refractivity contribution in [3.8, 4) is 11.5 Å². The lowest BCUT2D eigenvalue weighted by Crippen LogP contribution is -2.30. The molecule has 2 aromatic carbocycles.